The minimum Gasteiger partial charge on any atom is -0.508 e. The van der Waals surface area contributed by atoms with E-state index in [4.69, 9.17) is 0 Å². The number of nitrogens with one attached hydrogen (secondary N) is 1. The highest BCUT2D eigenvalue weighted by Gasteiger charge is 2.20. The highest BCUT2D eigenvalue weighted by Crippen LogP contribution is 2.30. The summed E-state index contributed by atoms with van der Waals surface area (Å²) in [6.45, 7) is 1.74. The van der Waals surface area contributed by atoms with E-state index in [2.05, 4.69) is 10.1 Å². The first-order chi connectivity index (χ1) is 9.93. The van der Waals surface area contributed by atoms with Gasteiger partial charge in [-0.15, -0.1) is 11.3 Å². The molecule has 0 unspecified atom stereocenters. The predicted octanol–water partition coefficient (Wildman–Crippen LogP) is 2.51. The molecular weight excluding hydrogens is 294 g/mol. The van der Waals surface area contributed by atoms with Gasteiger partial charge in [-0.3, -0.25) is 4.79 Å². The number of carbonyl (C=O) groups is 2. The molecule has 7 heteroatoms. The molecule has 110 valence electrons. The van der Waals surface area contributed by atoms with Crippen molar-refractivity contribution < 1.29 is 24.5 Å². The van der Waals surface area contributed by atoms with Gasteiger partial charge in [-0.25, -0.2) is 4.79 Å². The zero-order valence-corrected chi connectivity index (χ0v) is 12.2. The van der Waals surface area contributed by atoms with Crippen LogP contribution in [0.2, 0.25) is 0 Å². The first-order valence-electron chi connectivity index (χ1n) is 5.93. The smallest absolute Gasteiger partial charge is 0.350 e. The molecule has 0 aliphatic carbocycles. The van der Waals surface area contributed by atoms with Gasteiger partial charge in [-0.1, -0.05) is 0 Å². The van der Waals surface area contributed by atoms with Gasteiger partial charge in [-0.2, -0.15) is 0 Å². The summed E-state index contributed by atoms with van der Waals surface area (Å²) in [4.78, 5) is 24.1. The number of phenolic OH excluding ortho intramolecular Hbond substituents is 2. The Morgan fingerprint density at radius 2 is 2.00 bits per heavy atom. The van der Waals surface area contributed by atoms with Gasteiger partial charge in [0.2, 0.25) is 0 Å². The third-order valence-corrected chi connectivity index (χ3v) is 3.89. The zero-order chi connectivity index (χ0) is 15.6. The Labute approximate surface area is 124 Å². The molecule has 1 amide bonds. The van der Waals surface area contributed by atoms with Crippen LogP contribution in [0.15, 0.2) is 23.6 Å². The van der Waals surface area contributed by atoms with E-state index in [1.54, 1.807) is 12.3 Å². The van der Waals surface area contributed by atoms with E-state index in [-0.39, 0.29) is 21.9 Å². The second kappa shape index (κ2) is 5.84. The summed E-state index contributed by atoms with van der Waals surface area (Å²) < 4.78 is 4.65. The third kappa shape index (κ3) is 2.97. The van der Waals surface area contributed by atoms with E-state index in [1.807, 2.05) is 0 Å². The van der Waals surface area contributed by atoms with Gasteiger partial charge in [-0.05, 0) is 36.1 Å². The maximum absolute atomic E-state index is 12.2. The molecule has 0 aliphatic heterocycles. The van der Waals surface area contributed by atoms with Gasteiger partial charge in [0.15, 0.2) is 0 Å². The van der Waals surface area contributed by atoms with Crippen LogP contribution in [0.4, 0.5) is 5.69 Å². The second-order valence-corrected chi connectivity index (χ2v) is 5.15. The molecule has 1 aromatic heterocycles. The van der Waals surface area contributed by atoms with Crippen LogP contribution in [0.3, 0.4) is 0 Å². The van der Waals surface area contributed by atoms with Gasteiger partial charge in [0.25, 0.3) is 5.91 Å². The molecule has 0 bridgehead atoms. The van der Waals surface area contributed by atoms with Crippen LogP contribution in [0.1, 0.15) is 25.6 Å². The van der Waals surface area contributed by atoms with Crippen LogP contribution < -0.4 is 5.32 Å². The fraction of sp³-hybridized carbons (Fsp3) is 0.143. The van der Waals surface area contributed by atoms with Crippen molar-refractivity contribution in [3.05, 3.63) is 39.6 Å². The van der Waals surface area contributed by atoms with Crippen molar-refractivity contribution in [3.8, 4) is 11.5 Å². The second-order valence-electron chi connectivity index (χ2n) is 4.27. The number of methoxy groups -OCH3 is 1. The highest BCUT2D eigenvalue weighted by atomic mass is 32.1. The number of esters is 1. The number of aryl methyl sites for hydroxylation is 1. The van der Waals surface area contributed by atoms with E-state index in [0.717, 1.165) is 17.4 Å². The van der Waals surface area contributed by atoms with Crippen molar-refractivity contribution in [2.75, 3.05) is 12.4 Å². The molecule has 0 fully saturated rings. The highest BCUT2D eigenvalue weighted by molar-refractivity contribution is 7.12. The SMILES string of the molecule is COC(=O)c1scc(C)c1NC(=O)c1cc(O)ccc1O. The molecule has 0 saturated carbocycles. The molecule has 0 aliphatic rings. The van der Waals surface area contributed by atoms with Gasteiger partial charge in [0, 0.05) is 0 Å². The van der Waals surface area contributed by atoms with Crippen LogP contribution in [-0.4, -0.2) is 29.2 Å². The number of hydrogen-bond donors (Lipinski definition) is 3. The van der Waals surface area contributed by atoms with Crippen LogP contribution in [0.25, 0.3) is 0 Å². The Kier molecular flexibility index (Phi) is 4.13. The molecule has 6 nitrogen and oxygen atoms in total. The predicted molar refractivity (Wildman–Crippen MR) is 78.1 cm³/mol. The molecule has 2 aromatic rings. The molecule has 3 N–H and O–H groups in total. The number of ether oxygens (including phenoxy) is 1. The standard InChI is InChI=1S/C14H13NO5S/c1-7-6-21-12(14(19)20-2)11(7)15-13(18)9-5-8(16)3-4-10(9)17/h3-6,16-17H,1-2H3,(H,15,18). The van der Waals surface area contributed by atoms with Crippen molar-refractivity contribution in [1.29, 1.82) is 0 Å². The number of rotatable bonds is 3. The lowest BCUT2D eigenvalue weighted by Crippen LogP contribution is -2.15. The average molecular weight is 307 g/mol. The molecule has 0 atom stereocenters. The number of thiophene rings is 1. The molecule has 0 saturated heterocycles. The summed E-state index contributed by atoms with van der Waals surface area (Å²) in [6.07, 6.45) is 0. The van der Waals surface area contributed by atoms with E-state index in [1.165, 1.54) is 19.2 Å². The van der Waals surface area contributed by atoms with Crippen LogP contribution in [0, 0.1) is 6.92 Å². The van der Waals surface area contributed by atoms with E-state index in [0.29, 0.717) is 11.3 Å². The Hall–Kier alpha value is -2.54. The fourth-order valence-corrected chi connectivity index (χ4v) is 2.65. The molecule has 0 spiro atoms. The normalized spacial score (nSPS) is 10.2. The molecule has 1 heterocycles. The lowest BCUT2D eigenvalue weighted by Gasteiger charge is -2.09. The maximum Gasteiger partial charge on any atom is 0.350 e. The van der Waals surface area contributed by atoms with Crippen molar-refractivity contribution in [2.45, 2.75) is 6.92 Å². The number of aromatic hydroxyl groups is 2. The minimum absolute atomic E-state index is 0.0867. The first kappa shape index (κ1) is 14.9. The quantitative estimate of drug-likeness (QED) is 0.598. The first-order valence-corrected chi connectivity index (χ1v) is 6.81. The van der Waals surface area contributed by atoms with Crippen LogP contribution in [-0.2, 0) is 4.74 Å². The summed E-state index contributed by atoms with van der Waals surface area (Å²) in [6, 6.07) is 3.62. The molecule has 2 rings (SSSR count). The lowest BCUT2D eigenvalue weighted by molar-refractivity contribution is 0.0607. The third-order valence-electron chi connectivity index (χ3n) is 2.81. The Morgan fingerprint density at radius 1 is 1.29 bits per heavy atom. The van der Waals surface area contributed by atoms with E-state index >= 15 is 0 Å². The summed E-state index contributed by atoms with van der Waals surface area (Å²) >= 11 is 1.15. The number of anilines is 1. The number of carbonyl (C=O) groups excluding carboxylic acids is 2. The molecule has 1 aromatic carbocycles. The number of phenols is 2. The molecule has 0 radical (unpaired) electrons. The molecular formula is C14H13NO5S. The fourth-order valence-electron chi connectivity index (χ4n) is 1.73. The summed E-state index contributed by atoms with van der Waals surface area (Å²) in [5.41, 5.74) is 0.949. The van der Waals surface area contributed by atoms with Crippen molar-refractivity contribution in [2.24, 2.45) is 0 Å². The summed E-state index contributed by atoms with van der Waals surface area (Å²) in [5.74, 6) is -1.59. The van der Waals surface area contributed by atoms with Crippen molar-refractivity contribution in [3.63, 3.8) is 0 Å². The maximum atomic E-state index is 12.2. The van der Waals surface area contributed by atoms with Gasteiger partial charge >= 0.3 is 5.97 Å². The van der Waals surface area contributed by atoms with Gasteiger partial charge in [0.05, 0.1) is 18.4 Å². The molecule has 21 heavy (non-hydrogen) atoms. The summed E-state index contributed by atoms with van der Waals surface area (Å²) in [7, 11) is 1.25. The monoisotopic (exact) mass is 307 g/mol. The Balaban J connectivity index is 2.34. The van der Waals surface area contributed by atoms with Crippen molar-refractivity contribution >= 4 is 28.9 Å². The van der Waals surface area contributed by atoms with E-state index < -0.39 is 11.9 Å². The van der Waals surface area contributed by atoms with E-state index in [9.17, 15) is 19.8 Å². The zero-order valence-electron chi connectivity index (χ0n) is 11.3. The van der Waals surface area contributed by atoms with Gasteiger partial charge in [0.1, 0.15) is 16.4 Å². The van der Waals surface area contributed by atoms with Crippen LogP contribution in [0.5, 0.6) is 11.5 Å². The Bertz CT molecular complexity index is 707. The number of amides is 1. The number of hydrogen-bond acceptors (Lipinski definition) is 6. The minimum atomic E-state index is -0.630. The van der Waals surface area contributed by atoms with Crippen molar-refractivity contribution in [1.82, 2.24) is 0 Å². The number of benzene rings is 1. The largest absolute Gasteiger partial charge is 0.508 e. The average Bonchev–Trinajstić information content (AvgIpc) is 2.82. The van der Waals surface area contributed by atoms with Crippen LogP contribution >= 0.6 is 11.3 Å². The van der Waals surface area contributed by atoms with Gasteiger partial charge < -0.3 is 20.3 Å². The summed E-state index contributed by atoms with van der Waals surface area (Å²) in [5, 5.41) is 23.3. The topological polar surface area (TPSA) is 95.9 Å². The Morgan fingerprint density at radius 3 is 2.67 bits per heavy atom. The lowest BCUT2D eigenvalue weighted by atomic mass is 10.1.